The maximum absolute atomic E-state index is 12.3. The number of hydrogen-bond acceptors (Lipinski definition) is 3. The molecule has 4 nitrogen and oxygen atoms in total. The summed E-state index contributed by atoms with van der Waals surface area (Å²) in [6.07, 6.45) is -3.06. The first-order valence-electron chi connectivity index (χ1n) is 6.64. The highest BCUT2D eigenvalue weighted by molar-refractivity contribution is 9.11. The van der Waals surface area contributed by atoms with Gasteiger partial charge in [0.1, 0.15) is 11.5 Å². The number of ether oxygens (including phenoxy) is 1. The third-order valence-electron chi connectivity index (χ3n) is 3.14. The minimum atomic E-state index is -4.82. The number of rotatable bonds is 2. The summed E-state index contributed by atoms with van der Waals surface area (Å²) in [6, 6.07) is 2.19. The minimum Gasteiger partial charge on any atom is -0.511 e. The summed E-state index contributed by atoms with van der Waals surface area (Å²) < 4.78 is 41.2. The van der Waals surface area contributed by atoms with E-state index in [-0.39, 0.29) is 25.8 Å². The first-order chi connectivity index (χ1) is 10.7. The molecule has 0 aliphatic carbocycles. The number of alkyl halides is 3. The van der Waals surface area contributed by atoms with E-state index in [0.29, 0.717) is 19.4 Å². The van der Waals surface area contributed by atoms with Crippen molar-refractivity contribution in [1.82, 2.24) is 5.32 Å². The van der Waals surface area contributed by atoms with Crippen molar-refractivity contribution >= 4 is 43.3 Å². The number of carbonyl (C=O) groups excluding carboxylic acids is 1. The number of nitrogens with one attached hydrogen (secondary N) is 1. The second kappa shape index (κ2) is 7.12. The van der Waals surface area contributed by atoms with Crippen LogP contribution in [0.2, 0.25) is 0 Å². The Bertz CT molecular complexity index is 636. The Morgan fingerprint density at radius 2 is 1.78 bits per heavy atom. The van der Waals surface area contributed by atoms with Gasteiger partial charge in [-0.2, -0.15) is 0 Å². The van der Waals surface area contributed by atoms with Gasteiger partial charge in [-0.3, -0.25) is 4.79 Å². The van der Waals surface area contributed by atoms with E-state index in [1.54, 1.807) is 0 Å². The summed E-state index contributed by atoms with van der Waals surface area (Å²) in [5.74, 6) is -1.02. The van der Waals surface area contributed by atoms with Crippen LogP contribution in [-0.4, -0.2) is 23.9 Å². The topological polar surface area (TPSA) is 58.6 Å². The van der Waals surface area contributed by atoms with Gasteiger partial charge in [-0.25, -0.2) is 0 Å². The molecule has 126 valence electrons. The van der Waals surface area contributed by atoms with Crippen LogP contribution in [0.1, 0.15) is 24.8 Å². The molecule has 0 fully saturated rings. The number of hydrogen-bond donors (Lipinski definition) is 2. The molecule has 0 saturated carbocycles. The number of halogens is 5. The van der Waals surface area contributed by atoms with Crippen LogP contribution >= 0.6 is 31.9 Å². The van der Waals surface area contributed by atoms with E-state index in [0.717, 1.165) is 18.6 Å². The summed E-state index contributed by atoms with van der Waals surface area (Å²) in [4.78, 5) is 12.2. The summed E-state index contributed by atoms with van der Waals surface area (Å²) in [5, 5.41) is 12.8. The molecule has 0 aromatic heterocycles. The average Bonchev–Trinajstić information content (AvgIpc) is 2.38. The molecule has 1 aromatic rings. The molecule has 0 atom stereocenters. The molecule has 2 rings (SSSR count). The van der Waals surface area contributed by atoms with Gasteiger partial charge in [-0.15, -0.1) is 13.2 Å². The van der Waals surface area contributed by atoms with Crippen LogP contribution in [0.3, 0.4) is 0 Å². The summed E-state index contributed by atoms with van der Waals surface area (Å²) in [6.45, 7) is 0.472. The van der Waals surface area contributed by atoms with Gasteiger partial charge in [0.05, 0.1) is 5.57 Å². The maximum Gasteiger partial charge on any atom is 0.573 e. The lowest BCUT2D eigenvalue weighted by Gasteiger charge is -2.18. The zero-order valence-electron chi connectivity index (χ0n) is 11.6. The predicted molar refractivity (Wildman–Crippen MR) is 84.9 cm³/mol. The normalized spacial score (nSPS) is 19.8. The fraction of sp³-hybridized carbons (Fsp3) is 0.357. The van der Waals surface area contributed by atoms with Gasteiger partial charge >= 0.3 is 6.36 Å². The van der Waals surface area contributed by atoms with Crippen LogP contribution < -0.4 is 10.1 Å². The molecule has 1 heterocycles. The Kier molecular flexibility index (Phi) is 5.61. The predicted octanol–water partition coefficient (Wildman–Crippen LogP) is 4.68. The fourth-order valence-electron chi connectivity index (χ4n) is 2.20. The number of amides is 1. The first-order valence-corrected chi connectivity index (χ1v) is 8.23. The molecule has 0 spiro atoms. The van der Waals surface area contributed by atoms with Crippen LogP contribution in [0.25, 0.3) is 5.57 Å². The Morgan fingerprint density at radius 3 is 2.35 bits per heavy atom. The molecule has 1 aliphatic heterocycles. The van der Waals surface area contributed by atoms with Crippen molar-refractivity contribution in [2.45, 2.75) is 25.6 Å². The first kappa shape index (κ1) is 18.1. The molecule has 0 bridgehead atoms. The Labute approximate surface area is 147 Å². The van der Waals surface area contributed by atoms with Crippen molar-refractivity contribution in [1.29, 1.82) is 0 Å². The van der Waals surface area contributed by atoms with Gasteiger partial charge in [0.2, 0.25) is 0 Å². The molecule has 2 N–H and O–H groups in total. The molecule has 0 unspecified atom stereocenters. The van der Waals surface area contributed by atoms with E-state index >= 15 is 0 Å². The molecule has 9 heteroatoms. The number of aliphatic hydroxyl groups is 1. The highest BCUT2D eigenvalue weighted by atomic mass is 79.9. The van der Waals surface area contributed by atoms with Crippen molar-refractivity contribution in [3.63, 3.8) is 0 Å². The van der Waals surface area contributed by atoms with Crippen molar-refractivity contribution in [2.24, 2.45) is 0 Å². The molecule has 0 radical (unpaired) electrons. The number of benzene rings is 1. The molecule has 23 heavy (non-hydrogen) atoms. The largest absolute Gasteiger partial charge is 0.573 e. The lowest BCUT2D eigenvalue weighted by Crippen LogP contribution is -2.28. The summed E-state index contributed by atoms with van der Waals surface area (Å²) in [7, 11) is 0. The second-order valence-electron chi connectivity index (χ2n) is 4.84. The summed E-state index contributed by atoms with van der Waals surface area (Å²) in [5.41, 5.74) is 0.304. The minimum absolute atomic E-state index is 0.0296. The fourth-order valence-corrected chi connectivity index (χ4v) is 3.74. The number of aliphatic hydroxyl groups excluding tert-OH is 1. The van der Waals surface area contributed by atoms with Crippen LogP contribution in [0, 0.1) is 0 Å². The Morgan fingerprint density at radius 1 is 1.17 bits per heavy atom. The Balaban J connectivity index is 2.50. The number of allylic oxidation sites excluding steroid dienone is 1. The van der Waals surface area contributed by atoms with Crippen LogP contribution in [0.4, 0.5) is 13.2 Å². The van der Waals surface area contributed by atoms with Gasteiger partial charge in [-0.1, -0.05) is 0 Å². The van der Waals surface area contributed by atoms with Crippen LogP contribution in [0.5, 0.6) is 5.75 Å². The lowest BCUT2D eigenvalue weighted by atomic mass is 9.99. The smallest absolute Gasteiger partial charge is 0.511 e. The van der Waals surface area contributed by atoms with E-state index < -0.39 is 18.0 Å². The lowest BCUT2D eigenvalue weighted by molar-refractivity contribution is -0.274. The van der Waals surface area contributed by atoms with E-state index in [2.05, 4.69) is 41.9 Å². The molecule has 1 aromatic carbocycles. The monoisotopic (exact) mass is 457 g/mol. The SMILES string of the molecule is O=C1NCCCC/C(O)=C\1c1c(Br)cc(OC(F)(F)F)cc1Br. The molecule has 0 saturated heterocycles. The molecular formula is C14H12Br2F3NO3. The zero-order chi connectivity index (χ0) is 17.2. The van der Waals surface area contributed by atoms with E-state index in [4.69, 9.17) is 0 Å². The summed E-state index contributed by atoms with van der Waals surface area (Å²) >= 11 is 6.28. The quantitative estimate of drug-likeness (QED) is 0.676. The number of carbonyl (C=O) groups is 1. The highest BCUT2D eigenvalue weighted by Gasteiger charge is 2.32. The van der Waals surface area contributed by atoms with E-state index in [9.17, 15) is 23.1 Å². The Hall–Kier alpha value is -1.22. The standard InChI is InChI=1S/C14H12Br2F3NO3/c15-8-5-7(23-14(17,18)19)6-9(16)11(8)12-10(21)3-1-2-4-20-13(12)22/h5-6,21H,1-4H2,(H,20,22)/b12-10+. The van der Waals surface area contributed by atoms with E-state index in [1.807, 2.05) is 0 Å². The van der Waals surface area contributed by atoms with Gasteiger partial charge in [0.15, 0.2) is 0 Å². The molecule has 1 aliphatic rings. The molecule has 1 amide bonds. The van der Waals surface area contributed by atoms with Gasteiger partial charge in [-0.05, 0) is 56.8 Å². The average molecular weight is 459 g/mol. The second-order valence-corrected chi connectivity index (χ2v) is 6.55. The highest BCUT2D eigenvalue weighted by Crippen LogP contribution is 2.39. The third kappa shape index (κ3) is 4.63. The van der Waals surface area contributed by atoms with E-state index in [1.165, 1.54) is 0 Å². The van der Waals surface area contributed by atoms with Gasteiger partial charge < -0.3 is 15.2 Å². The molecular weight excluding hydrogens is 447 g/mol. The van der Waals surface area contributed by atoms with Gasteiger partial charge in [0, 0.05) is 27.5 Å². The van der Waals surface area contributed by atoms with Crippen molar-refractivity contribution in [3.8, 4) is 5.75 Å². The van der Waals surface area contributed by atoms with Crippen molar-refractivity contribution < 1.29 is 27.8 Å². The third-order valence-corrected chi connectivity index (χ3v) is 4.39. The van der Waals surface area contributed by atoms with Gasteiger partial charge in [0.25, 0.3) is 5.91 Å². The zero-order valence-corrected chi connectivity index (χ0v) is 14.8. The van der Waals surface area contributed by atoms with Crippen molar-refractivity contribution in [3.05, 3.63) is 32.4 Å². The van der Waals surface area contributed by atoms with Crippen molar-refractivity contribution in [2.75, 3.05) is 6.54 Å². The maximum atomic E-state index is 12.3. The van der Waals surface area contributed by atoms with Crippen LogP contribution in [-0.2, 0) is 4.79 Å². The van der Waals surface area contributed by atoms with Crippen LogP contribution in [0.15, 0.2) is 26.8 Å².